The molecule has 7 heteroatoms. The van der Waals surface area contributed by atoms with Crippen molar-refractivity contribution in [2.75, 3.05) is 57.5 Å². The normalized spacial score (nSPS) is 16.6. The SMILES string of the molecule is Brc1ccc2c(c1)Oc1cc(Br)ccc1N2CCOCCN1CCOCC1. The number of nitrogens with zero attached hydrogens (tertiary/aromatic N) is 2. The van der Waals surface area contributed by atoms with Gasteiger partial charge in [-0.05, 0) is 36.4 Å². The third-order valence-electron chi connectivity index (χ3n) is 4.76. The van der Waals surface area contributed by atoms with Crippen molar-refractivity contribution in [1.29, 1.82) is 0 Å². The number of rotatable bonds is 6. The Morgan fingerprint density at radius 2 is 1.44 bits per heavy atom. The molecule has 27 heavy (non-hydrogen) atoms. The van der Waals surface area contributed by atoms with Crippen LogP contribution in [0.5, 0.6) is 11.5 Å². The molecule has 0 unspecified atom stereocenters. The zero-order valence-corrected chi connectivity index (χ0v) is 18.2. The van der Waals surface area contributed by atoms with Crippen molar-refractivity contribution in [3.63, 3.8) is 0 Å². The van der Waals surface area contributed by atoms with Crippen LogP contribution in [0.2, 0.25) is 0 Å². The summed E-state index contributed by atoms with van der Waals surface area (Å²) in [5, 5.41) is 0. The van der Waals surface area contributed by atoms with Gasteiger partial charge in [0.05, 0.1) is 37.8 Å². The Hall–Kier alpha value is -1.12. The molecule has 5 nitrogen and oxygen atoms in total. The highest BCUT2D eigenvalue weighted by molar-refractivity contribution is 9.10. The number of benzene rings is 2. The second-order valence-corrected chi connectivity index (χ2v) is 8.38. The lowest BCUT2D eigenvalue weighted by Gasteiger charge is -2.33. The topological polar surface area (TPSA) is 34.2 Å². The van der Waals surface area contributed by atoms with Gasteiger partial charge in [0.15, 0.2) is 11.5 Å². The molecule has 0 saturated carbocycles. The summed E-state index contributed by atoms with van der Waals surface area (Å²) >= 11 is 7.06. The van der Waals surface area contributed by atoms with Crippen LogP contribution < -0.4 is 9.64 Å². The molecule has 0 atom stereocenters. The largest absolute Gasteiger partial charge is 0.453 e. The highest BCUT2D eigenvalue weighted by atomic mass is 79.9. The van der Waals surface area contributed by atoms with Crippen LogP contribution in [0, 0.1) is 0 Å². The molecular weight excluding hydrogens is 476 g/mol. The summed E-state index contributed by atoms with van der Waals surface area (Å²) < 4.78 is 19.4. The van der Waals surface area contributed by atoms with Gasteiger partial charge in [0, 0.05) is 35.1 Å². The molecule has 144 valence electrons. The van der Waals surface area contributed by atoms with Crippen molar-refractivity contribution in [2.24, 2.45) is 0 Å². The molecule has 0 N–H and O–H groups in total. The number of fused-ring (bicyclic) bond motifs is 2. The Morgan fingerprint density at radius 1 is 0.852 bits per heavy atom. The van der Waals surface area contributed by atoms with Gasteiger partial charge in [0.2, 0.25) is 0 Å². The lowest BCUT2D eigenvalue weighted by molar-refractivity contribution is 0.0213. The Balaban J connectivity index is 1.41. The van der Waals surface area contributed by atoms with E-state index < -0.39 is 0 Å². The minimum absolute atomic E-state index is 0.662. The van der Waals surface area contributed by atoms with Gasteiger partial charge >= 0.3 is 0 Å². The minimum atomic E-state index is 0.662. The summed E-state index contributed by atoms with van der Waals surface area (Å²) in [6.45, 7) is 6.78. The molecule has 4 rings (SSSR count). The second-order valence-electron chi connectivity index (χ2n) is 6.54. The maximum absolute atomic E-state index is 6.12. The fourth-order valence-corrected chi connectivity index (χ4v) is 4.03. The number of hydrogen-bond donors (Lipinski definition) is 0. The lowest BCUT2D eigenvalue weighted by Crippen LogP contribution is -2.38. The predicted octanol–water partition coefficient (Wildman–Crippen LogP) is 4.80. The van der Waals surface area contributed by atoms with Crippen molar-refractivity contribution >= 4 is 43.2 Å². The van der Waals surface area contributed by atoms with E-state index in [9.17, 15) is 0 Å². The maximum atomic E-state index is 6.12. The Bertz CT molecular complexity index is 745. The Kier molecular flexibility index (Phi) is 6.35. The van der Waals surface area contributed by atoms with Gasteiger partial charge in [-0.15, -0.1) is 0 Å². The molecule has 0 aromatic heterocycles. The monoisotopic (exact) mass is 496 g/mol. The van der Waals surface area contributed by atoms with E-state index in [1.54, 1.807) is 0 Å². The third kappa shape index (κ3) is 4.66. The van der Waals surface area contributed by atoms with Crippen molar-refractivity contribution in [3.8, 4) is 11.5 Å². The predicted molar refractivity (Wildman–Crippen MR) is 113 cm³/mol. The van der Waals surface area contributed by atoms with Crippen molar-refractivity contribution in [1.82, 2.24) is 4.90 Å². The summed E-state index contributed by atoms with van der Waals surface area (Å²) in [6, 6.07) is 12.3. The van der Waals surface area contributed by atoms with Crippen LogP contribution in [-0.4, -0.2) is 57.5 Å². The molecule has 2 aromatic rings. The quantitative estimate of drug-likeness (QED) is 0.535. The molecule has 2 aliphatic heterocycles. The van der Waals surface area contributed by atoms with E-state index in [0.717, 1.165) is 77.8 Å². The van der Waals surface area contributed by atoms with Crippen molar-refractivity contribution in [2.45, 2.75) is 0 Å². The summed E-state index contributed by atoms with van der Waals surface area (Å²) in [4.78, 5) is 4.65. The smallest absolute Gasteiger partial charge is 0.152 e. The summed E-state index contributed by atoms with van der Waals surface area (Å²) in [7, 11) is 0. The first-order chi connectivity index (χ1) is 13.2. The zero-order valence-electron chi connectivity index (χ0n) is 15.0. The van der Waals surface area contributed by atoms with Crippen LogP contribution >= 0.6 is 31.9 Å². The van der Waals surface area contributed by atoms with Gasteiger partial charge in [0.25, 0.3) is 0 Å². The minimum Gasteiger partial charge on any atom is -0.453 e. The van der Waals surface area contributed by atoms with E-state index >= 15 is 0 Å². The second kappa shape index (κ2) is 8.92. The first kappa shape index (κ1) is 19.2. The van der Waals surface area contributed by atoms with Gasteiger partial charge in [0.1, 0.15) is 0 Å². The Morgan fingerprint density at radius 3 is 2.07 bits per heavy atom. The van der Waals surface area contributed by atoms with Gasteiger partial charge in [-0.1, -0.05) is 31.9 Å². The molecule has 0 radical (unpaired) electrons. The van der Waals surface area contributed by atoms with E-state index in [4.69, 9.17) is 14.2 Å². The number of anilines is 2. The van der Waals surface area contributed by atoms with Crippen LogP contribution in [0.4, 0.5) is 11.4 Å². The van der Waals surface area contributed by atoms with Crippen LogP contribution in [-0.2, 0) is 9.47 Å². The number of halogens is 2. The highest BCUT2D eigenvalue weighted by Crippen LogP contribution is 2.47. The average molecular weight is 498 g/mol. The first-order valence-electron chi connectivity index (χ1n) is 9.13. The number of ether oxygens (including phenoxy) is 3. The van der Waals surface area contributed by atoms with E-state index in [2.05, 4.69) is 53.8 Å². The van der Waals surface area contributed by atoms with E-state index in [1.165, 1.54) is 0 Å². The Labute approximate surface area is 176 Å². The molecule has 2 aromatic carbocycles. The maximum Gasteiger partial charge on any atom is 0.152 e. The summed E-state index contributed by atoms with van der Waals surface area (Å²) in [5.41, 5.74) is 2.12. The average Bonchev–Trinajstić information content (AvgIpc) is 2.67. The molecule has 0 aliphatic carbocycles. The van der Waals surface area contributed by atoms with Crippen LogP contribution in [0.25, 0.3) is 0 Å². The molecule has 0 spiro atoms. The van der Waals surface area contributed by atoms with Gasteiger partial charge in [-0.2, -0.15) is 0 Å². The standard InChI is InChI=1S/C20H22Br2N2O3/c21-15-1-3-17-19(13-15)27-20-14-16(22)2-4-18(20)24(17)8-12-26-11-7-23-5-9-25-10-6-23/h1-4,13-14H,5-12H2. The fourth-order valence-electron chi connectivity index (χ4n) is 3.35. The summed E-state index contributed by atoms with van der Waals surface area (Å²) in [6.07, 6.45) is 0. The molecule has 0 bridgehead atoms. The molecule has 2 aliphatic rings. The van der Waals surface area contributed by atoms with E-state index in [1.807, 2.05) is 24.3 Å². The molecular formula is C20H22Br2N2O3. The van der Waals surface area contributed by atoms with Crippen LogP contribution in [0.3, 0.4) is 0 Å². The zero-order chi connectivity index (χ0) is 18.6. The molecule has 2 heterocycles. The molecule has 0 amide bonds. The van der Waals surface area contributed by atoms with Crippen molar-refractivity contribution in [3.05, 3.63) is 45.3 Å². The molecule has 1 saturated heterocycles. The number of morpholine rings is 1. The first-order valence-corrected chi connectivity index (χ1v) is 10.7. The molecule has 1 fully saturated rings. The highest BCUT2D eigenvalue weighted by Gasteiger charge is 2.24. The van der Waals surface area contributed by atoms with E-state index in [0.29, 0.717) is 6.61 Å². The summed E-state index contributed by atoms with van der Waals surface area (Å²) in [5.74, 6) is 1.70. The van der Waals surface area contributed by atoms with Gasteiger partial charge < -0.3 is 19.1 Å². The fraction of sp³-hybridized carbons (Fsp3) is 0.400. The van der Waals surface area contributed by atoms with Crippen LogP contribution in [0.15, 0.2) is 45.3 Å². The number of hydrogen-bond acceptors (Lipinski definition) is 5. The van der Waals surface area contributed by atoms with E-state index in [-0.39, 0.29) is 0 Å². The van der Waals surface area contributed by atoms with Gasteiger partial charge in [-0.25, -0.2) is 0 Å². The lowest BCUT2D eigenvalue weighted by atomic mass is 10.1. The van der Waals surface area contributed by atoms with Crippen LogP contribution in [0.1, 0.15) is 0 Å². The third-order valence-corrected chi connectivity index (χ3v) is 5.75. The van der Waals surface area contributed by atoms with Gasteiger partial charge in [-0.3, -0.25) is 4.90 Å². The van der Waals surface area contributed by atoms with Crippen molar-refractivity contribution < 1.29 is 14.2 Å².